The number of fused-ring (bicyclic) bond motifs is 1. The van der Waals surface area contributed by atoms with E-state index >= 15 is 0 Å². The molecule has 1 aliphatic carbocycles. The second-order valence-corrected chi connectivity index (χ2v) is 9.61. The average molecular weight is 337 g/mol. The highest BCUT2D eigenvalue weighted by Gasteiger charge is 2.48. The summed E-state index contributed by atoms with van der Waals surface area (Å²) < 4.78 is 21.2. The topological polar surface area (TPSA) is 63.2 Å². The van der Waals surface area contributed by atoms with Crippen molar-refractivity contribution in [2.75, 3.05) is 20.2 Å². The van der Waals surface area contributed by atoms with Gasteiger partial charge in [0.15, 0.2) is 0 Å². The summed E-state index contributed by atoms with van der Waals surface area (Å²) >= 11 is 0. The summed E-state index contributed by atoms with van der Waals surface area (Å²) in [7, 11) is 0.548. The van der Waals surface area contributed by atoms with Crippen LogP contribution in [0, 0.1) is 5.41 Å². The molecule has 3 rings (SSSR count). The molecule has 5 nitrogen and oxygen atoms in total. The van der Waals surface area contributed by atoms with E-state index in [2.05, 4.69) is 21.1 Å². The lowest BCUT2D eigenvalue weighted by atomic mass is 9.74. The van der Waals surface area contributed by atoms with Gasteiger partial charge in [-0.2, -0.15) is 0 Å². The lowest BCUT2D eigenvalue weighted by Crippen LogP contribution is -2.46. The molecule has 6 heteroatoms. The third-order valence-electron chi connectivity index (χ3n) is 5.02. The van der Waals surface area contributed by atoms with Crippen LogP contribution >= 0.6 is 0 Å². The Bertz CT molecular complexity index is 606. The van der Waals surface area contributed by atoms with Crippen molar-refractivity contribution >= 4 is 11.0 Å². The van der Waals surface area contributed by atoms with Crippen molar-refractivity contribution in [1.29, 1.82) is 0 Å². The second kappa shape index (κ2) is 6.15. The summed E-state index contributed by atoms with van der Waals surface area (Å²) in [5.74, 6) is 0.658. The molecule has 1 aromatic rings. The van der Waals surface area contributed by atoms with E-state index in [1.54, 1.807) is 7.11 Å². The molecule has 1 spiro atoms. The van der Waals surface area contributed by atoms with E-state index in [0.717, 1.165) is 38.0 Å². The van der Waals surface area contributed by atoms with Crippen LogP contribution in [0.5, 0.6) is 5.88 Å². The van der Waals surface area contributed by atoms with Crippen LogP contribution in [0.3, 0.4) is 0 Å². The van der Waals surface area contributed by atoms with Crippen LogP contribution < -0.4 is 14.8 Å². The maximum Gasteiger partial charge on any atom is 0.213 e. The molecule has 0 saturated carbocycles. The maximum absolute atomic E-state index is 12.7. The van der Waals surface area contributed by atoms with Crippen LogP contribution in [0.2, 0.25) is 0 Å². The van der Waals surface area contributed by atoms with Crippen LogP contribution in [0.1, 0.15) is 50.9 Å². The van der Waals surface area contributed by atoms with Gasteiger partial charge in [-0.15, -0.1) is 0 Å². The summed E-state index contributed by atoms with van der Waals surface area (Å²) in [6.07, 6.45) is 3.08. The normalized spacial score (nSPS) is 24.4. The van der Waals surface area contributed by atoms with Crippen molar-refractivity contribution in [3.05, 3.63) is 23.4 Å². The Morgan fingerprint density at radius 1 is 1.35 bits per heavy atom. The number of aromatic nitrogens is 1. The Kier molecular flexibility index (Phi) is 4.51. The number of piperidine rings is 1. The number of hydrogen-bond donors (Lipinski definition) is 2. The zero-order chi connectivity index (χ0) is 16.7. The molecule has 1 saturated heterocycles. The van der Waals surface area contributed by atoms with Gasteiger partial charge >= 0.3 is 0 Å². The van der Waals surface area contributed by atoms with E-state index in [9.17, 15) is 4.21 Å². The second-order valence-electron chi connectivity index (χ2n) is 7.61. The first-order valence-corrected chi connectivity index (χ1v) is 9.43. The Hall–Kier alpha value is -0.980. The minimum Gasteiger partial charge on any atom is -0.481 e. The number of nitrogens with one attached hydrogen (secondary N) is 2. The highest BCUT2D eigenvalue weighted by Crippen LogP contribution is 2.51. The summed E-state index contributed by atoms with van der Waals surface area (Å²) in [6.45, 7) is 8.03. The molecule has 1 aliphatic heterocycles. The lowest BCUT2D eigenvalue weighted by Gasteiger charge is -2.40. The van der Waals surface area contributed by atoms with E-state index in [1.165, 1.54) is 5.56 Å². The molecule has 23 heavy (non-hydrogen) atoms. The van der Waals surface area contributed by atoms with E-state index in [0.29, 0.717) is 5.88 Å². The first kappa shape index (κ1) is 16.9. The molecule has 2 atom stereocenters. The monoisotopic (exact) mass is 337 g/mol. The van der Waals surface area contributed by atoms with Crippen molar-refractivity contribution in [2.24, 2.45) is 5.41 Å². The minimum atomic E-state index is -1.10. The molecule has 1 fully saturated rings. The predicted molar refractivity (Wildman–Crippen MR) is 92.8 cm³/mol. The summed E-state index contributed by atoms with van der Waals surface area (Å²) in [6, 6.07) is 4.10. The van der Waals surface area contributed by atoms with Crippen molar-refractivity contribution in [3.63, 3.8) is 0 Å². The van der Waals surface area contributed by atoms with Crippen molar-refractivity contribution in [1.82, 2.24) is 15.0 Å². The van der Waals surface area contributed by atoms with Gasteiger partial charge in [0, 0.05) is 11.8 Å². The Morgan fingerprint density at radius 3 is 2.65 bits per heavy atom. The van der Waals surface area contributed by atoms with Gasteiger partial charge in [-0.05, 0) is 64.1 Å². The van der Waals surface area contributed by atoms with E-state index in [-0.39, 0.29) is 16.2 Å². The van der Waals surface area contributed by atoms with Gasteiger partial charge in [-0.1, -0.05) is 6.07 Å². The lowest BCUT2D eigenvalue weighted by molar-refractivity contribution is 0.164. The molecule has 0 bridgehead atoms. The summed E-state index contributed by atoms with van der Waals surface area (Å²) in [4.78, 5) is 4.66. The molecule has 2 aliphatic rings. The van der Waals surface area contributed by atoms with E-state index in [1.807, 2.05) is 26.8 Å². The molecular formula is C17H27N3O2S. The first-order chi connectivity index (χ1) is 10.9. The van der Waals surface area contributed by atoms with Gasteiger partial charge in [0.25, 0.3) is 0 Å². The van der Waals surface area contributed by atoms with Gasteiger partial charge in [0.1, 0.15) is 0 Å². The zero-order valence-electron chi connectivity index (χ0n) is 14.4. The van der Waals surface area contributed by atoms with Crippen LogP contribution in [0.15, 0.2) is 12.1 Å². The Balaban J connectivity index is 1.96. The highest BCUT2D eigenvalue weighted by molar-refractivity contribution is 7.84. The SMILES string of the molecule is COc1ccc2c(n1)CC1(CCNCC1)[C@@H]2N[S@](=O)C(C)(C)C. The van der Waals surface area contributed by atoms with Crippen molar-refractivity contribution in [3.8, 4) is 5.88 Å². The van der Waals surface area contributed by atoms with Gasteiger partial charge in [-0.3, -0.25) is 0 Å². The predicted octanol–water partition coefficient (Wildman–Crippen LogP) is 2.11. The largest absolute Gasteiger partial charge is 0.481 e. The van der Waals surface area contributed by atoms with Gasteiger partial charge < -0.3 is 10.1 Å². The number of pyridine rings is 1. The quantitative estimate of drug-likeness (QED) is 0.887. The summed E-state index contributed by atoms with van der Waals surface area (Å²) in [5.41, 5.74) is 2.38. The molecule has 128 valence electrons. The van der Waals surface area contributed by atoms with Gasteiger partial charge in [0.05, 0.1) is 28.9 Å². The fraction of sp³-hybridized carbons (Fsp3) is 0.706. The Morgan fingerprint density at radius 2 is 2.04 bits per heavy atom. The molecular weight excluding hydrogens is 310 g/mol. The van der Waals surface area contributed by atoms with Crippen LogP contribution in [0.4, 0.5) is 0 Å². The molecule has 1 aromatic heterocycles. The first-order valence-electron chi connectivity index (χ1n) is 8.28. The zero-order valence-corrected chi connectivity index (χ0v) is 15.3. The minimum absolute atomic E-state index is 0.0954. The molecule has 2 heterocycles. The van der Waals surface area contributed by atoms with Crippen molar-refractivity contribution < 1.29 is 8.95 Å². The van der Waals surface area contributed by atoms with Crippen LogP contribution in [-0.2, 0) is 17.4 Å². The third-order valence-corrected chi connectivity index (χ3v) is 6.58. The molecule has 2 N–H and O–H groups in total. The van der Waals surface area contributed by atoms with Crippen LogP contribution in [0.25, 0.3) is 0 Å². The summed E-state index contributed by atoms with van der Waals surface area (Å²) in [5, 5.41) is 3.44. The number of ether oxygens (including phenoxy) is 1. The maximum atomic E-state index is 12.7. The van der Waals surface area contributed by atoms with Gasteiger partial charge in [-0.25, -0.2) is 13.9 Å². The van der Waals surface area contributed by atoms with Gasteiger partial charge in [0.2, 0.25) is 5.88 Å². The number of rotatable bonds is 3. The average Bonchev–Trinajstić information content (AvgIpc) is 2.79. The molecule has 0 amide bonds. The number of methoxy groups -OCH3 is 1. The standard InChI is InChI=1S/C17H27N3O2S/c1-16(2,3)23(21)20-15-12-5-6-14(22-4)19-13(12)11-17(15)7-9-18-10-8-17/h5-6,15,18,20H,7-11H2,1-4H3/t15-,23-/m1/s1. The third kappa shape index (κ3) is 3.16. The highest BCUT2D eigenvalue weighted by atomic mass is 32.2. The fourth-order valence-electron chi connectivity index (χ4n) is 3.64. The molecule has 0 radical (unpaired) electrons. The Labute approximate surface area is 141 Å². The smallest absolute Gasteiger partial charge is 0.213 e. The fourth-order valence-corrected chi connectivity index (χ4v) is 4.58. The van der Waals surface area contributed by atoms with Crippen molar-refractivity contribution in [2.45, 2.75) is 50.8 Å². The van der Waals surface area contributed by atoms with E-state index in [4.69, 9.17) is 4.74 Å². The number of hydrogen-bond acceptors (Lipinski definition) is 4. The van der Waals surface area contributed by atoms with Crippen LogP contribution in [-0.4, -0.2) is 34.1 Å². The molecule has 0 unspecified atom stereocenters. The number of nitrogens with zero attached hydrogens (tertiary/aromatic N) is 1. The van der Waals surface area contributed by atoms with E-state index < -0.39 is 11.0 Å². The molecule has 0 aromatic carbocycles.